The third-order valence-corrected chi connectivity index (χ3v) is 3.32. The molecule has 0 aliphatic heterocycles. The lowest BCUT2D eigenvalue weighted by molar-refractivity contribution is -0.120. The van der Waals surface area contributed by atoms with Gasteiger partial charge in [0.25, 0.3) is 5.56 Å². The van der Waals surface area contributed by atoms with E-state index in [0.717, 1.165) is 4.88 Å². The summed E-state index contributed by atoms with van der Waals surface area (Å²) in [5.41, 5.74) is 1.76. The number of amides is 1. The van der Waals surface area contributed by atoms with Gasteiger partial charge in [0.15, 0.2) is 0 Å². The van der Waals surface area contributed by atoms with Gasteiger partial charge in [0.1, 0.15) is 0 Å². The molecule has 104 valence electrons. The molecule has 3 N–H and O–H groups in total. The van der Waals surface area contributed by atoms with Crippen LogP contribution in [-0.4, -0.2) is 22.1 Å². The van der Waals surface area contributed by atoms with Gasteiger partial charge < -0.3 is 4.98 Å². The van der Waals surface area contributed by atoms with Gasteiger partial charge in [-0.05, 0) is 18.4 Å². The molecule has 0 fully saturated rings. The molecule has 2 rings (SSSR count). The van der Waals surface area contributed by atoms with Gasteiger partial charge >= 0.3 is 5.69 Å². The summed E-state index contributed by atoms with van der Waals surface area (Å²) in [6.07, 6.45) is 1.37. The highest BCUT2D eigenvalue weighted by Gasteiger charge is 2.10. The van der Waals surface area contributed by atoms with Gasteiger partial charge in [-0.15, -0.1) is 11.3 Å². The van der Waals surface area contributed by atoms with Gasteiger partial charge in [0, 0.05) is 16.1 Å². The normalized spacial score (nSPS) is 10.8. The molecule has 0 aliphatic carbocycles. The Morgan fingerprint density at radius 3 is 2.90 bits per heavy atom. The van der Waals surface area contributed by atoms with Crippen molar-refractivity contribution in [2.24, 2.45) is 5.10 Å². The number of H-pyrrole nitrogens is 2. The molecule has 7 nitrogen and oxygen atoms in total. The smallest absolute Gasteiger partial charge is 0.311 e. The van der Waals surface area contributed by atoms with Crippen molar-refractivity contribution in [3.63, 3.8) is 0 Å². The van der Waals surface area contributed by atoms with E-state index >= 15 is 0 Å². The number of nitrogens with zero attached hydrogens (tertiary/aromatic N) is 1. The highest BCUT2D eigenvalue weighted by molar-refractivity contribution is 7.11. The number of aromatic nitrogens is 2. The number of rotatable bonds is 4. The highest BCUT2D eigenvalue weighted by Crippen LogP contribution is 2.04. The second kappa shape index (κ2) is 6.11. The molecule has 0 radical (unpaired) electrons. The fourth-order valence-electron chi connectivity index (χ4n) is 1.57. The lowest BCUT2D eigenvalue weighted by atomic mass is 10.1. The molecule has 1 amide bonds. The average molecular weight is 292 g/mol. The van der Waals surface area contributed by atoms with Crippen molar-refractivity contribution >= 4 is 23.5 Å². The molecule has 8 heteroatoms. The van der Waals surface area contributed by atoms with Crippen LogP contribution in [0.4, 0.5) is 0 Å². The van der Waals surface area contributed by atoms with Gasteiger partial charge in [-0.25, -0.2) is 10.2 Å². The molecule has 0 saturated carbocycles. The quantitative estimate of drug-likeness (QED) is 0.550. The Hall–Kier alpha value is -2.48. The summed E-state index contributed by atoms with van der Waals surface area (Å²) in [6, 6.07) is 3.73. The van der Waals surface area contributed by atoms with Gasteiger partial charge in [-0.3, -0.25) is 14.6 Å². The van der Waals surface area contributed by atoms with Crippen LogP contribution in [0.1, 0.15) is 16.1 Å². The largest absolute Gasteiger partial charge is 0.325 e. The first-order valence-corrected chi connectivity index (χ1v) is 6.61. The van der Waals surface area contributed by atoms with E-state index in [0.29, 0.717) is 5.69 Å². The summed E-state index contributed by atoms with van der Waals surface area (Å²) in [5, 5.41) is 5.68. The maximum absolute atomic E-state index is 11.7. The molecule has 0 bridgehead atoms. The van der Waals surface area contributed by atoms with Crippen molar-refractivity contribution in [1.29, 1.82) is 0 Å². The molecular formula is C12H12N4O3S. The van der Waals surface area contributed by atoms with Gasteiger partial charge in [-0.1, -0.05) is 6.07 Å². The van der Waals surface area contributed by atoms with Crippen LogP contribution in [-0.2, 0) is 11.2 Å². The zero-order chi connectivity index (χ0) is 14.5. The second-order valence-corrected chi connectivity index (χ2v) is 4.98. The maximum Gasteiger partial charge on any atom is 0.325 e. The minimum atomic E-state index is -0.590. The van der Waals surface area contributed by atoms with Crippen molar-refractivity contribution < 1.29 is 4.79 Å². The SMILES string of the molecule is Cc1[nH]c(=O)[nH]c(=O)c1CC(=O)N/N=C\c1cccs1. The van der Waals surface area contributed by atoms with Crippen LogP contribution in [0.5, 0.6) is 0 Å². The third-order valence-electron chi connectivity index (χ3n) is 2.52. The number of hydrogen-bond acceptors (Lipinski definition) is 5. The van der Waals surface area contributed by atoms with E-state index in [9.17, 15) is 14.4 Å². The average Bonchev–Trinajstić information content (AvgIpc) is 2.87. The standard InChI is InChI=1S/C12H12N4O3S/c1-7-9(11(18)15-12(19)14-7)5-10(17)16-13-6-8-3-2-4-20-8/h2-4,6H,5H2,1H3,(H,16,17)(H2,14,15,18,19)/b13-6-. The molecule has 2 heterocycles. The van der Waals surface area contributed by atoms with E-state index < -0.39 is 17.2 Å². The van der Waals surface area contributed by atoms with Crippen LogP contribution < -0.4 is 16.7 Å². The van der Waals surface area contributed by atoms with Crippen molar-refractivity contribution in [1.82, 2.24) is 15.4 Å². The van der Waals surface area contributed by atoms with E-state index in [-0.39, 0.29) is 12.0 Å². The third kappa shape index (κ3) is 3.51. The summed E-state index contributed by atoms with van der Waals surface area (Å²) >= 11 is 1.49. The van der Waals surface area contributed by atoms with Crippen molar-refractivity contribution in [3.8, 4) is 0 Å². The van der Waals surface area contributed by atoms with Crippen molar-refractivity contribution in [2.75, 3.05) is 0 Å². The number of hydrazone groups is 1. The molecule has 0 saturated heterocycles. The Labute approximate surface area is 117 Å². The van der Waals surface area contributed by atoms with Crippen LogP contribution in [0.25, 0.3) is 0 Å². The molecule has 0 atom stereocenters. The number of hydrogen-bond donors (Lipinski definition) is 3. The second-order valence-electron chi connectivity index (χ2n) is 4.00. The lowest BCUT2D eigenvalue weighted by Crippen LogP contribution is -2.30. The molecule has 20 heavy (non-hydrogen) atoms. The fourth-order valence-corrected chi connectivity index (χ4v) is 2.16. The first-order valence-electron chi connectivity index (χ1n) is 5.74. The molecule has 0 aliphatic rings. The predicted octanol–water partition coefficient (Wildman–Crippen LogP) is 0.126. The number of nitrogens with one attached hydrogen (secondary N) is 3. The number of aryl methyl sites for hydroxylation is 1. The van der Waals surface area contributed by atoms with Crippen LogP contribution >= 0.6 is 11.3 Å². The minimum absolute atomic E-state index is 0.153. The Morgan fingerprint density at radius 2 is 2.25 bits per heavy atom. The summed E-state index contributed by atoms with van der Waals surface area (Å²) < 4.78 is 0. The summed E-state index contributed by atoms with van der Waals surface area (Å²) in [4.78, 5) is 39.7. The van der Waals surface area contributed by atoms with Crippen molar-refractivity contribution in [2.45, 2.75) is 13.3 Å². The molecule has 0 aromatic carbocycles. The first kappa shape index (κ1) is 13.9. The molecule has 0 unspecified atom stereocenters. The van der Waals surface area contributed by atoms with E-state index in [1.807, 2.05) is 17.5 Å². The summed E-state index contributed by atoms with van der Waals surface area (Å²) in [5.74, 6) is -0.432. The first-order chi connectivity index (χ1) is 9.56. The molecule has 0 spiro atoms. The van der Waals surface area contributed by atoms with E-state index in [1.54, 1.807) is 6.92 Å². The van der Waals surface area contributed by atoms with Gasteiger partial charge in [-0.2, -0.15) is 5.10 Å². The predicted molar refractivity (Wildman–Crippen MR) is 76.2 cm³/mol. The fraction of sp³-hybridized carbons (Fsp3) is 0.167. The zero-order valence-electron chi connectivity index (χ0n) is 10.6. The molecule has 2 aromatic rings. The highest BCUT2D eigenvalue weighted by atomic mass is 32.1. The molecular weight excluding hydrogens is 280 g/mol. The van der Waals surface area contributed by atoms with E-state index in [1.165, 1.54) is 17.6 Å². The summed E-state index contributed by atoms with van der Waals surface area (Å²) in [7, 11) is 0. The lowest BCUT2D eigenvalue weighted by Gasteiger charge is -2.02. The monoisotopic (exact) mass is 292 g/mol. The summed E-state index contributed by atoms with van der Waals surface area (Å²) in [6.45, 7) is 1.56. The van der Waals surface area contributed by atoms with Crippen molar-refractivity contribution in [3.05, 3.63) is 54.5 Å². The Bertz CT molecular complexity index is 743. The van der Waals surface area contributed by atoms with Crippen LogP contribution in [0.2, 0.25) is 0 Å². The van der Waals surface area contributed by atoms with Gasteiger partial charge in [0.2, 0.25) is 5.91 Å². The topological polar surface area (TPSA) is 107 Å². The number of aromatic amines is 2. The van der Waals surface area contributed by atoms with E-state index in [2.05, 4.69) is 20.5 Å². The Morgan fingerprint density at radius 1 is 1.45 bits per heavy atom. The maximum atomic E-state index is 11.7. The van der Waals surface area contributed by atoms with Crippen LogP contribution in [0, 0.1) is 6.92 Å². The van der Waals surface area contributed by atoms with Crippen LogP contribution in [0.3, 0.4) is 0 Å². The Balaban J connectivity index is 2.02. The number of carbonyl (C=O) groups is 1. The number of thiophene rings is 1. The van der Waals surface area contributed by atoms with Crippen LogP contribution in [0.15, 0.2) is 32.2 Å². The zero-order valence-corrected chi connectivity index (χ0v) is 11.4. The number of carbonyl (C=O) groups excluding carboxylic acids is 1. The minimum Gasteiger partial charge on any atom is -0.311 e. The Kier molecular flexibility index (Phi) is 4.26. The van der Waals surface area contributed by atoms with Gasteiger partial charge in [0.05, 0.1) is 12.6 Å². The van der Waals surface area contributed by atoms with E-state index in [4.69, 9.17) is 0 Å². The molecule has 2 aromatic heterocycles.